The van der Waals surface area contributed by atoms with Crippen LogP contribution in [0.3, 0.4) is 0 Å². The van der Waals surface area contributed by atoms with Gasteiger partial charge in [-0.2, -0.15) is 21.6 Å². The van der Waals surface area contributed by atoms with Crippen LogP contribution in [0.2, 0.25) is 0 Å². The Morgan fingerprint density at radius 2 is 1.14 bits per heavy atom. The Hall–Kier alpha value is -3.00. The SMILES string of the molecule is COc1ccc(OS(=O)(=O)C(F)(F)F)c(-c2ccccc2)c1-c1ccccc1. The van der Waals surface area contributed by atoms with E-state index in [0.29, 0.717) is 22.4 Å². The molecule has 0 fully saturated rings. The molecule has 0 N–H and O–H groups in total. The van der Waals surface area contributed by atoms with Crippen LogP contribution >= 0.6 is 0 Å². The lowest BCUT2D eigenvalue weighted by Crippen LogP contribution is -2.28. The molecule has 3 aromatic rings. The first-order valence-electron chi connectivity index (χ1n) is 8.07. The number of rotatable bonds is 5. The van der Waals surface area contributed by atoms with Crippen molar-refractivity contribution in [3.05, 3.63) is 72.8 Å². The van der Waals surface area contributed by atoms with Crippen molar-refractivity contribution in [2.45, 2.75) is 5.51 Å². The van der Waals surface area contributed by atoms with Crippen molar-refractivity contribution in [2.75, 3.05) is 7.11 Å². The number of benzene rings is 3. The van der Waals surface area contributed by atoms with Gasteiger partial charge in [0.15, 0.2) is 5.75 Å². The lowest BCUT2D eigenvalue weighted by atomic mass is 9.93. The van der Waals surface area contributed by atoms with Crippen molar-refractivity contribution in [1.82, 2.24) is 0 Å². The molecule has 3 aromatic carbocycles. The van der Waals surface area contributed by atoms with Crippen LogP contribution in [0.25, 0.3) is 22.3 Å². The minimum Gasteiger partial charge on any atom is -0.496 e. The molecule has 0 aliphatic heterocycles. The van der Waals surface area contributed by atoms with Gasteiger partial charge in [-0.15, -0.1) is 0 Å². The molecule has 0 aliphatic carbocycles. The maximum absolute atomic E-state index is 12.9. The Bertz CT molecular complexity index is 1060. The van der Waals surface area contributed by atoms with Gasteiger partial charge in [0.2, 0.25) is 0 Å². The summed E-state index contributed by atoms with van der Waals surface area (Å²) in [5.41, 5.74) is -3.84. The van der Waals surface area contributed by atoms with E-state index in [0.717, 1.165) is 6.07 Å². The van der Waals surface area contributed by atoms with Crippen molar-refractivity contribution < 1.29 is 30.5 Å². The number of halogens is 3. The van der Waals surface area contributed by atoms with Crippen molar-refractivity contribution in [3.63, 3.8) is 0 Å². The molecule has 8 heteroatoms. The maximum Gasteiger partial charge on any atom is 0.534 e. The summed E-state index contributed by atoms with van der Waals surface area (Å²) in [6, 6.07) is 19.7. The smallest absolute Gasteiger partial charge is 0.496 e. The van der Waals surface area contributed by atoms with Crippen LogP contribution in [0.5, 0.6) is 11.5 Å². The number of alkyl halides is 3. The molecule has 146 valence electrons. The van der Waals surface area contributed by atoms with Gasteiger partial charge < -0.3 is 8.92 Å². The minimum absolute atomic E-state index is 0.180. The summed E-state index contributed by atoms with van der Waals surface area (Å²) in [6.07, 6.45) is 0. The zero-order valence-corrected chi connectivity index (χ0v) is 15.4. The Balaban J connectivity index is 2.33. The van der Waals surface area contributed by atoms with Crippen LogP contribution in [0, 0.1) is 0 Å². The lowest BCUT2D eigenvalue weighted by Gasteiger charge is -2.19. The molecule has 0 heterocycles. The molecule has 0 spiro atoms. The van der Waals surface area contributed by atoms with E-state index in [1.165, 1.54) is 13.2 Å². The highest BCUT2D eigenvalue weighted by Gasteiger charge is 2.49. The van der Waals surface area contributed by atoms with Gasteiger partial charge in [0.05, 0.1) is 7.11 Å². The maximum atomic E-state index is 12.9. The van der Waals surface area contributed by atoms with Crippen LogP contribution < -0.4 is 8.92 Å². The average molecular weight is 408 g/mol. The van der Waals surface area contributed by atoms with E-state index < -0.39 is 21.4 Å². The molecule has 0 radical (unpaired) electrons. The summed E-state index contributed by atoms with van der Waals surface area (Å²) >= 11 is 0. The molecular weight excluding hydrogens is 393 g/mol. The molecule has 3 rings (SSSR count). The summed E-state index contributed by atoms with van der Waals surface area (Å²) in [6.45, 7) is 0. The van der Waals surface area contributed by atoms with E-state index in [9.17, 15) is 21.6 Å². The molecule has 4 nitrogen and oxygen atoms in total. The molecule has 0 amide bonds. The van der Waals surface area contributed by atoms with E-state index in [2.05, 4.69) is 4.18 Å². The van der Waals surface area contributed by atoms with Crippen molar-refractivity contribution >= 4 is 10.1 Å². The van der Waals surface area contributed by atoms with Crippen molar-refractivity contribution in [2.24, 2.45) is 0 Å². The van der Waals surface area contributed by atoms with Crippen LogP contribution in [0.1, 0.15) is 0 Å². The molecule has 0 atom stereocenters. The van der Waals surface area contributed by atoms with Gasteiger partial charge in [0.25, 0.3) is 0 Å². The van der Waals surface area contributed by atoms with Gasteiger partial charge in [-0.05, 0) is 23.3 Å². The van der Waals surface area contributed by atoms with E-state index in [-0.39, 0.29) is 5.56 Å². The zero-order chi connectivity index (χ0) is 20.4. The monoisotopic (exact) mass is 408 g/mol. The lowest BCUT2D eigenvalue weighted by molar-refractivity contribution is -0.0499. The molecular formula is C20H15F3O4S. The third kappa shape index (κ3) is 3.82. The summed E-state index contributed by atoms with van der Waals surface area (Å²) in [5.74, 6) is -0.0787. The second kappa shape index (κ2) is 7.55. The van der Waals surface area contributed by atoms with Gasteiger partial charge in [-0.3, -0.25) is 0 Å². The van der Waals surface area contributed by atoms with Crippen LogP contribution in [-0.4, -0.2) is 21.0 Å². The number of hydrogen-bond acceptors (Lipinski definition) is 4. The summed E-state index contributed by atoms with van der Waals surface area (Å²) in [5, 5.41) is 0. The minimum atomic E-state index is -5.84. The Kier molecular flexibility index (Phi) is 5.33. The normalized spacial score (nSPS) is 11.9. The first-order valence-corrected chi connectivity index (χ1v) is 9.48. The number of ether oxygens (including phenoxy) is 1. The third-order valence-electron chi connectivity index (χ3n) is 3.96. The van der Waals surface area contributed by atoms with Gasteiger partial charge in [0.1, 0.15) is 5.75 Å². The van der Waals surface area contributed by atoms with E-state index in [1.54, 1.807) is 60.7 Å². The number of methoxy groups -OCH3 is 1. The molecule has 0 bridgehead atoms. The van der Waals surface area contributed by atoms with Crippen LogP contribution in [0.4, 0.5) is 13.2 Å². The predicted molar refractivity (Wildman–Crippen MR) is 99.5 cm³/mol. The first kappa shape index (κ1) is 19.8. The molecule has 0 aromatic heterocycles. The van der Waals surface area contributed by atoms with Gasteiger partial charge in [-0.1, -0.05) is 60.7 Å². The zero-order valence-electron chi connectivity index (χ0n) is 14.6. The second-order valence-corrected chi connectivity index (χ2v) is 7.27. The molecule has 0 unspecified atom stereocenters. The summed E-state index contributed by atoms with van der Waals surface area (Å²) in [7, 11) is -4.42. The van der Waals surface area contributed by atoms with E-state index >= 15 is 0 Å². The molecule has 0 aliphatic rings. The number of hydrogen-bond donors (Lipinski definition) is 0. The topological polar surface area (TPSA) is 52.6 Å². The van der Waals surface area contributed by atoms with Crippen molar-refractivity contribution in [3.8, 4) is 33.8 Å². The first-order chi connectivity index (χ1) is 13.2. The third-order valence-corrected chi connectivity index (χ3v) is 4.92. The highest BCUT2D eigenvalue weighted by Crippen LogP contribution is 2.46. The highest BCUT2D eigenvalue weighted by atomic mass is 32.2. The van der Waals surface area contributed by atoms with Crippen LogP contribution in [0.15, 0.2) is 72.8 Å². The fourth-order valence-electron chi connectivity index (χ4n) is 2.75. The molecule has 28 heavy (non-hydrogen) atoms. The quantitative estimate of drug-likeness (QED) is 0.427. The predicted octanol–water partition coefficient (Wildman–Crippen LogP) is 5.26. The van der Waals surface area contributed by atoms with E-state index in [1.807, 2.05) is 0 Å². The van der Waals surface area contributed by atoms with Gasteiger partial charge in [0, 0.05) is 11.1 Å². The molecule has 0 saturated carbocycles. The van der Waals surface area contributed by atoms with Gasteiger partial charge >= 0.3 is 15.6 Å². The Morgan fingerprint density at radius 1 is 0.714 bits per heavy atom. The Morgan fingerprint density at radius 3 is 1.57 bits per heavy atom. The fraction of sp³-hybridized carbons (Fsp3) is 0.100. The van der Waals surface area contributed by atoms with E-state index in [4.69, 9.17) is 4.74 Å². The molecule has 0 saturated heterocycles. The summed E-state index contributed by atoms with van der Waals surface area (Å²) < 4.78 is 71.8. The average Bonchev–Trinajstić information content (AvgIpc) is 2.68. The Labute approximate surface area is 160 Å². The van der Waals surface area contributed by atoms with Crippen molar-refractivity contribution in [1.29, 1.82) is 0 Å². The highest BCUT2D eigenvalue weighted by molar-refractivity contribution is 7.88. The standard InChI is InChI=1S/C20H15F3O4S/c1-26-16-12-13-17(27-28(24,25)20(21,22)23)19(15-10-6-3-7-11-15)18(16)14-8-4-2-5-9-14/h2-13H,1H3. The van der Waals surface area contributed by atoms with Gasteiger partial charge in [-0.25, -0.2) is 0 Å². The second-order valence-electron chi connectivity index (χ2n) is 5.73. The fourth-order valence-corrected chi connectivity index (χ4v) is 3.22. The van der Waals surface area contributed by atoms with Crippen LogP contribution in [-0.2, 0) is 10.1 Å². The summed E-state index contributed by atoms with van der Waals surface area (Å²) in [4.78, 5) is 0. The largest absolute Gasteiger partial charge is 0.534 e.